The van der Waals surface area contributed by atoms with E-state index in [9.17, 15) is 14.4 Å². The van der Waals surface area contributed by atoms with Gasteiger partial charge in [-0.05, 0) is 36.6 Å². The molecule has 1 atom stereocenters. The van der Waals surface area contributed by atoms with Crippen LogP contribution in [0.3, 0.4) is 0 Å². The molecule has 0 aliphatic carbocycles. The van der Waals surface area contributed by atoms with E-state index in [0.717, 1.165) is 4.88 Å². The highest BCUT2D eigenvalue weighted by Gasteiger charge is 2.35. The first-order valence-electron chi connectivity index (χ1n) is 9.92. The van der Waals surface area contributed by atoms with Crippen LogP contribution in [0.2, 0.25) is 0 Å². The van der Waals surface area contributed by atoms with E-state index in [-0.39, 0.29) is 44.0 Å². The van der Waals surface area contributed by atoms with Crippen LogP contribution in [0, 0.1) is 10.8 Å². The van der Waals surface area contributed by atoms with Crippen LogP contribution in [0.4, 0.5) is 0 Å². The fourth-order valence-corrected chi connectivity index (χ4v) is 3.84. The van der Waals surface area contributed by atoms with Gasteiger partial charge in [0, 0.05) is 16.9 Å². The molecule has 176 valence electrons. The molecule has 0 fully saturated rings. The molecule has 12 heteroatoms. The number of thiophene rings is 1. The van der Waals surface area contributed by atoms with Crippen LogP contribution >= 0.6 is 11.3 Å². The summed E-state index contributed by atoms with van der Waals surface area (Å²) in [4.78, 5) is 37.5. The number of carboxylic acids is 1. The molecule has 1 aromatic carbocycles. The smallest absolute Gasteiger partial charge is 0.303 e. The highest BCUT2D eigenvalue weighted by Crippen LogP contribution is 2.19. The normalized spacial score (nSPS) is 12.4. The number of amides is 2. The van der Waals surface area contributed by atoms with Crippen LogP contribution in [0.5, 0.6) is 0 Å². The van der Waals surface area contributed by atoms with Crippen LogP contribution in [0.25, 0.3) is 0 Å². The van der Waals surface area contributed by atoms with Crippen molar-refractivity contribution in [1.82, 2.24) is 10.6 Å². The summed E-state index contributed by atoms with van der Waals surface area (Å²) in [6, 6.07) is 10.0. The fourth-order valence-electron chi connectivity index (χ4n) is 3.03. The number of carbonyl (C=O) groups is 3. The highest BCUT2D eigenvalue weighted by atomic mass is 32.1. The summed E-state index contributed by atoms with van der Waals surface area (Å²) in [5.74, 6) is -2.43. The second-order valence-electron chi connectivity index (χ2n) is 7.48. The average Bonchev–Trinajstić information content (AvgIpc) is 3.24. The number of nitrogens with two attached hydrogens (primary N) is 3. The summed E-state index contributed by atoms with van der Waals surface area (Å²) in [6.07, 6.45) is -0.486. The molecule has 0 saturated heterocycles. The Morgan fingerprint density at radius 3 is 2.39 bits per heavy atom. The molecule has 11 N–H and O–H groups in total. The van der Waals surface area contributed by atoms with Crippen molar-refractivity contribution in [3.05, 3.63) is 57.3 Å². The second-order valence-corrected chi connectivity index (χ2v) is 8.65. The molecule has 0 bridgehead atoms. The SMILES string of the molecule is N=C(N)c1cccc(CC(N)(CCC(=O)O)C(=O)NCC(=O)NCc2ccc(C(=N)N)s2)c1. The molecule has 1 aromatic heterocycles. The van der Waals surface area contributed by atoms with Gasteiger partial charge < -0.3 is 32.9 Å². The minimum atomic E-state index is -1.59. The highest BCUT2D eigenvalue weighted by molar-refractivity contribution is 7.14. The number of carbonyl (C=O) groups excluding carboxylic acids is 2. The maximum atomic E-state index is 12.8. The molecular formula is C21H27N7O4S. The standard InChI is InChI=1S/C21H27N7O4S/c22-18(23)13-3-1-2-12(8-13)9-21(26,7-6-17(30)31)20(32)28-11-16(29)27-10-14-4-5-15(33-14)19(24)25/h1-5,8H,6-7,9-11,26H2,(H3,22,23)(H3,24,25)(H,27,29)(H,28,32)(H,30,31). The molecule has 2 rings (SSSR count). The Labute approximate surface area is 194 Å². The van der Waals surface area contributed by atoms with Crippen LogP contribution in [0.15, 0.2) is 36.4 Å². The summed E-state index contributed by atoms with van der Waals surface area (Å²) in [5, 5.41) is 29.1. The van der Waals surface area contributed by atoms with Crippen LogP contribution in [-0.4, -0.2) is 46.6 Å². The van der Waals surface area contributed by atoms with Crippen molar-refractivity contribution in [2.45, 2.75) is 31.3 Å². The third-order valence-corrected chi connectivity index (χ3v) is 5.91. The molecule has 0 aliphatic rings. The third kappa shape index (κ3) is 7.70. The Morgan fingerprint density at radius 1 is 1.06 bits per heavy atom. The van der Waals surface area contributed by atoms with E-state index in [0.29, 0.717) is 16.0 Å². The number of hydrogen-bond acceptors (Lipinski definition) is 7. The number of hydrogen-bond donors (Lipinski definition) is 8. The van der Waals surface area contributed by atoms with Crippen LogP contribution in [-0.2, 0) is 27.3 Å². The number of nitrogen functional groups attached to an aromatic ring is 2. The van der Waals surface area contributed by atoms with E-state index < -0.39 is 23.3 Å². The van der Waals surface area contributed by atoms with Crippen LogP contribution < -0.4 is 27.8 Å². The van der Waals surface area contributed by atoms with Gasteiger partial charge in [-0.2, -0.15) is 0 Å². The van der Waals surface area contributed by atoms with Gasteiger partial charge in [0.15, 0.2) is 0 Å². The van der Waals surface area contributed by atoms with Crippen molar-refractivity contribution >= 4 is 40.8 Å². The monoisotopic (exact) mass is 473 g/mol. The van der Waals surface area contributed by atoms with Crippen molar-refractivity contribution in [3.8, 4) is 0 Å². The molecule has 0 radical (unpaired) electrons. The van der Waals surface area contributed by atoms with Gasteiger partial charge in [0.1, 0.15) is 11.7 Å². The lowest BCUT2D eigenvalue weighted by Gasteiger charge is -2.28. The molecule has 11 nitrogen and oxygen atoms in total. The maximum Gasteiger partial charge on any atom is 0.303 e. The zero-order chi connectivity index (χ0) is 24.6. The Kier molecular flexibility index (Phi) is 8.65. The summed E-state index contributed by atoms with van der Waals surface area (Å²) in [5.41, 5.74) is 16.7. The van der Waals surface area contributed by atoms with Gasteiger partial charge in [0.05, 0.1) is 23.5 Å². The molecule has 1 unspecified atom stereocenters. The number of rotatable bonds is 12. The fraction of sp³-hybridized carbons (Fsp3) is 0.286. The predicted octanol–water partition coefficient (Wildman–Crippen LogP) is -0.146. The lowest BCUT2D eigenvalue weighted by atomic mass is 9.85. The topological polar surface area (TPSA) is 221 Å². The largest absolute Gasteiger partial charge is 0.481 e. The van der Waals surface area contributed by atoms with Crippen LogP contribution in [0.1, 0.15) is 33.7 Å². The number of nitrogens with one attached hydrogen (secondary N) is 4. The van der Waals surface area contributed by atoms with E-state index in [2.05, 4.69) is 10.6 Å². The molecule has 2 aromatic rings. The minimum Gasteiger partial charge on any atom is -0.481 e. The zero-order valence-electron chi connectivity index (χ0n) is 17.8. The Balaban J connectivity index is 2.01. The summed E-state index contributed by atoms with van der Waals surface area (Å²) >= 11 is 1.27. The van der Waals surface area contributed by atoms with E-state index >= 15 is 0 Å². The molecule has 0 saturated carbocycles. The third-order valence-electron chi connectivity index (χ3n) is 4.79. The molecular weight excluding hydrogens is 446 g/mol. The first kappa shape index (κ1) is 25.5. The number of amidine groups is 2. The van der Waals surface area contributed by atoms with Gasteiger partial charge in [-0.25, -0.2) is 0 Å². The summed E-state index contributed by atoms with van der Waals surface area (Å²) in [6.45, 7) is -0.138. The second kappa shape index (κ2) is 11.2. The van der Waals surface area contributed by atoms with Gasteiger partial charge in [-0.1, -0.05) is 18.2 Å². The Bertz CT molecular complexity index is 1070. The zero-order valence-corrected chi connectivity index (χ0v) is 18.6. The minimum absolute atomic E-state index is 0.00211. The van der Waals surface area contributed by atoms with E-state index in [1.807, 2.05) is 0 Å². The van der Waals surface area contributed by atoms with Crippen molar-refractivity contribution in [1.29, 1.82) is 10.8 Å². The summed E-state index contributed by atoms with van der Waals surface area (Å²) < 4.78 is 0. The lowest BCUT2D eigenvalue weighted by Crippen LogP contribution is -2.57. The van der Waals surface area contributed by atoms with E-state index in [1.165, 1.54) is 11.3 Å². The van der Waals surface area contributed by atoms with Crippen molar-refractivity contribution in [2.75, 3.05) is 6.54 Å². The molecule has 33 heavy (non-hydrogen) atoms. The summed E-state index contributed by atoms with van der Waals surface area (Å²) in [7, 11) is 0. The molecule has 0 spiro atoms. The predicted molar refractivity (Wildman–Crippen MR) is 125 cm³/mol. The quantitative estimate of drug-likeness (QED) is 0.154. The van der Waals surface area contributed by atoms with Gasteiger partial charge in [0.25, 0.3) is 0 Å². The van der Waals surface area contributed by atoms with Crippen molar-refractivity contribution in [3.63, 3.8) is 0 Å². The van der Waals surface area contributed by atoms with Gasteiger partial charge in [-0.15, -0.1) is 11.3 Å². The van der Waals surface area contributed by atoms with Crippen molar-refractivity contribution < 1.29 is 19.5 Å². The number of benzene rings is 1. The first-order chi connectivity index (χ1) is 15.5. The Hall–Kier alpha value is -3.77. The average molecular weight is 474 g/mol. The maximum absolute atomic E-state index is 12.8. The van der Waals surface area contributed by atoms with Gasteiger partial charge in [0.2, 0.25) is 11.8 Å². The van der Waals surface area contributed by atoms with Gasteiger partial charge >= 0.3 is 5.97 Å². The number of aliphatic carboxylic acids is 1. The molecule has 1 heterocycles. The molecule has 2 amide bonds. The van der Waals surface area contributed by atoms with Crippen molar-refractivity contribution in [2.24, 2.45) is 17.2 Å². The van der Waals surface area contributed by atoms with Gasteiger partial charge in [-0.3, -0.25) is 25.2 Å². The first-order valence-corrected chi connectivity index (χ1v) is 10.7. The molecule has 0 aliphatic heterocycles. The Morgan fingerprint density at radius 2 is 1.79 bits per heavy atom. The van der Waals surface area contributed by atoms with E-state index in [1.54, 1.807) is 36.4 Å². The lowest BCUT2D eigenvalue weighted by molar-refractivity contribution is -0.138. The van der Waals surface area contributed by atoms with E-state index in [4.69, 9.17) is 33.1 Å². The number of carboxylic acid groups (broad SMARTS) is 1.